The number of rotatable bonds is 7. The second-order valence-corrected chi connectivity index (χ2v) is 6.34. The highest BCUT2D eigenvalue weighted by Gasteiger charge is 2.26. The van der Waals surface area contributed by atoms with Crippen molar-refractivity contribution in [2.45, 2.75) is 57.0 Å². The van der Waals surface area contributed by atoms with E-state index < -0.39 is 0 Å². The zero-order chi connectivity index (χ0) is 14.9. The SMILES string of the molecule is COCCNCC(=O)NC1CCN(C2CCCCC2)CC1. The van der Waals surface area contributed by atoms with Gasteiger partial charge in [0.1, 0.15) is 0 Å². The van der Waals surface area contributed by atoms with Gasteiger partial charge in [-0.3, -0.25) is 4.79 Å². The average Bonchev–Trinajstić information content (AvgIpc) is 2.53. The molecule has 1 aliphatic carbocycles. The minimum Gasteiger partial charge on any atom is -0.383 e. The predicted molar refractivity (Wildman–Crippen MR) is 84.4 cm³/mol. The molecule has 5 nitrogen and oxygen atoms in total. The van der Waals surface area contributed by atoms with Gasteiger partial charge in [0, 0.05) is 38.8 Å². The molecule has 2 rings (SSSR count). The van der Waals surface area contributed by atoms with Gasteiger partial charge in [-0.2, -0.15) is 0 Å². The summed E-state index contributed by atoms with van der Waals surface area (Å²) in [5, 5.41) is 6.24. The maximum Gasteiger partial charge on any atom is 0.234 e. The topological polar surface area (TPSA) is 53.6 Å². The Kier molecular flexibility index (Phi) is 7.47. The van der Waals surface area contributed by atoms with E-state index in [0.29, 0.717) is 19.2 Å². The van der Waals surface area contributed by atoms with E-state index in [2.05, 4.69) is 15.5 Å². The maximum atomic E-state index is 11.8. The summed E-state index contributed by atoms with van der Waals surface area (Å²) in [6.07, 6.45) is 9.16. The van der Waals surface area contributed by atoms with Crippen LogP contribution in [0.2, 0.25) is 0 Å². The molecule has 2 aliphatic rings. The number of ether oxygens (including phenoxy) is 1. The van der Waals surface area contributed by atoms with Crippen LogP contribution < -0.4 is 10.6 Å². The van der Waals surface area contributed by atoms with Gasteiger partial charge in [0.15, 0.2) is 0 Å². The lowest BCUT2D eigenvalue weighted by Crippen LogP contribution is -2.49. The Morgan fingerprint density at radius 2 is 1.86 bits per heavy atom. The first-order valence-electron chi connectivity index (χ1n) is 8.52. The minimum absolute atomic E-state index is 0.113. The van der Waals surface area contributed by atoms with Crippen molar-refractivity contribution in [3.8, 4) is 0 Å². The smallest absolute Gasteiger partial charge is 0.234 e. The second kappa shape index (κ2) is 9.38. The Bertz CT molecular complexity index is 298. The lowest BCUT2D eigenvalue weighted by Gasteiger charge is -2.39. The van der Waals surface area contributed by atoms with E-state index >= 15 is 0 Å². The lowest BCUT2D eigenvalue weighted by molar-refractivity contribution is -0.121. The molecule has 2 N–H and O–H groups in total. The van der Waals surface area contributed by atoms with Crippen LogP contribution >= 0.6 is 0 Å². The molecule has 0 atom stereocenters. The van der Waals surface area contributed by atoms with Crippen LogP contribution in [-0.4, -0.2) is 62.8 Å². The fourth-order valence-electron chi connectivity index (χ4n) is 3.51. The minimum atomic E-state index is 0.113. The third kappa shape index (κ3) is 5.93. The number of carbonyl (C=O) groups is 1. The molecular weight excluding hydrogens is 266 g/mol. The van der Waals surface area contributed by atoms with E-state index in [4.69, 9.17) is 4.74 Å². The van der Waals surface area contributed by atoms with Crippen LogP contribution in [0.5, 0.6) is 0 Å². The summed E-state index contributed by atoms with van der Waals surface area (Å²) >= 11 is 0. The van der Waals surface area contributed by atoms with Gasteiger partial charge in [-0.1, -0.05) is 19.3 Å². The molecule has 0 spiro atoms. The first-order chi connectivity index (χ1) is 10.3. The normalized spacial score (nSPS) is 22.3. The number of amides is 1. The number of piperidine rings is 1. The van der Waals surface area contributed by atoms with Gasteiger partial charge in [0.2, 0.25) is 5.91 Å². The van der Waals surface area contributed by atoms with Crippen molar-refractivity contribution in [3.05, 3.63) is 0 Å². The number of nitrogens with zero attached hydrogens (tertiary/aromatic N) is 1. The van der Waals surface area contributed by atoms with Gasteiger partial charge in [-0.05, 0) is 25.7 Å². The number of hydrogen-bond acceptors (Lipinski definition) is 4. The van der Waals surface area contributed by atoms with Crippen molar-refractivity contribution in [1.82, 2.24) is 15.5 Å². The largest absolute Gasteiger partial charge is 0.383 e. The molecule has 0 aromatic carbocycles. The van der Waals surface area contributed by atoms with Crippen molar-refractivity contribution in [1.29, 1.82) is 0 Å². The Morgan fingerprint density at radius 1 is 1.14 bits per heavy atom. The Labute approximate surface area is 128 Å². The van der Waals surface area contributed by atoms with Gasteiger partial charge in [0.05, 0.1) is 13.2 Å². The van der Waals surface area contributed by atoms with Crippen molar-refractivity contribution >= 4 is 5.91 Å². The van der Waals surface area contributed by atoms with Crippen LogP contribution in [0.1, 0.15) is 44.9 Å². The van der Waals surface area contributed by atoms with Gasteiger partial charge >= 0.3 is 0 Å². The van der Waals surface area contributed by atoms with E-state index in [9.17, 15) is 4.79 Å². The molecule has 0 unspecified atom stereocenters. The third-order valence-corrected chi connectivity index (χ3v) is 4.75. The fourth-order valence-corrected chi connectivity index (χ4v) is 3.51. The quantitative estimate of drug-likeness (QED) is 0.692. The van der Waals surface area contributed by atoms with E-state index in [-0.39, 0.29) is 5.91 Å². The standard InChI is InChI=1S/C16H31N3O2/c1-21-12-9-17-13-16(20)18-14-7-10-19(11-8-14)15-5-3-2-4-6-15/h14-15,17H,2-13H2,1H3,(H,18,20). The van der Waals surface area contributed by atoms with Crippen molar-refractivity contribution in [3.63, 3.8) is 0 Å². The molecule has 0 aromatic heterocycles. The van der Waals surface area contributed by atoms with Gasteiger partial charge < -0.3 is 20.3 Å². The van der Waals surface area contributed by atoms with Crippen LogP contribution in [-0.2, 0) is 9.53 Å². The molecule has 1 saturated heterocycles. The Balaban J connectivity index is 1.58. The number of carbonyl (C=O) groups excluding carboxylic acids is 1. The van der Waals surface area contributed by atoms with Crippen LogP contribution in [0.25, 0.3) is 0 Å². The van der Waals surface area contributed by atoms with Gasteiger partial charge in [-0.15, -0.1) is 0 Å². The summed E-state index contributed by atoms with van der Waals surface area (Å²) in [6.45, 7) is 4.06. The number of likely N-dealkylation sites (tertiary alicyclic amines) is 1. The molecule has 0 radical (unpaired) electrons. The van der Waals surface area contributed by atoms with Crippen LogP contribution in [0.4, 0.5) is 0 Å². The molecule has 1 saturated carbocycles. The molecule has 1 heterocycles. The summed E-state index contributed by atoms with van der Waals surface area (Å²) < 4.78 is 4.94. The molecule has 122 valence electrons. The molecule has 21 heavy (non-hydrogen) atoms. The van der Waals surface area contributed by atoms with Gasteiger partial charge in [-0.25, -0.2) is 0 Å². The van der Waals surface area contributed by atoms with Crippen LogP contribution in [0.15, 0.2) is 0 Å². The first-order valence-corrected chi connectivity index (χ1v) is 8.52. The zero-order valence-electron chi connectivity index (χ0n) is 13.4. The number of methoxy groups -OCH3 is 1. The van der Waals surface area contributed by atoms with Crippen molar-refractivity contribution < 1.29 is 9.53 Å². The average molecular weight is 297 g/mol. The molecule has 1 amide bonds. The van der Waals surface area contributed by atoms with Crippen molar-refractivity contribution in [2.24, 2.45) is 0 Å². The summed E-state index contributed by atoms with van der Waals surface area (Å²) in [4.78, 5) is 14.5. The molecule has 2 fully saturated rings. The van der Waals surface area contributed by atoms with E-state index in [1.165, 1.54) is 32.1 Å². The summed E-state index contributed by atoms with van der Waals surface area (Å²) in [7, 11) is 1.67. The van der Waals surface area contributed by atoms with E-state index in [1.54, 1.807) is 7.11 Å². The zero-order valence-corrected chi connectivity index (χ0v) is 13.4. The van der Waals surface area contributed by atoms with Crippen LogP contribution in [0.3, 0.4) is 0 Å². The highest BCUT2D eigenvalue weighted by Crippen LogP contribution is 2.25. The molecule has 1 aliphatic heterocycles. The monoisotopic (exact) mass is 297 g/mol. The summed E-state index contributed by atoms with van der Waals surface area (Å²) in [5.74, 6) is 0.113. The summed E-state index contributed by atoms with van der Waals surface area (Å²) in [5.41, 5.74) is 0. The predicted octanol–water partition coefficient (Wildman–Crippen LogP) is 1.14. The highest BCUT2D eigenvalue weighted by atomic mass is 16.5. The van der Waals surface area contributed by atoms with E-state index in [0.717, 1.165) is 38.5 Å². The highest BCUT2D eigenvalue weighted by molar-refractivity contribution is 5.78. The molecule has 5 heteroatoms. The number of nitrogens with one attached hydrogen (secondary N) is 2. The molecular formula is C16H31N3O2. The Morgan fingerprint density at radius 3 is 2.52 bits per heavy atom. The second-order valence-electron chi connectivity index (χ2n) is 6.34. The summed E-state index contributed by atoms with van der Waals surface area (Å²) in [6, 6.07) is 1.17. The van der Waals surface area contributed by atoms with E-state index in [1.807, 2.05) is 0 Å². The van der Waals surface area contributed by atoms with Crippen LogP contribution in [0, 0.1) is 0 Å². The Hall–Kier alpha value is -0.650. The fraction of sp³-hybridized carbons (Fsp3) is 0.938. The van der Waals surface area contributed by atoms with Gasteiger partial charge in [0.25, 0.3) is 0 Å². The third-order valence-electron chi connectivity index (χ3n) is 4.75. The first kappa shape index (κ1) is 16.7. The molecule has 0 bridgehead atoms. The number of hydrogen-bond donors (Lipinski definition) is 2. The lowest BCUT2D eigenvalue weighted by atomic mass is 9.92. The molecule has 0 aromatic rings. The maximum absolute atomic E-state index is 11.8. The van der Waals surface area contributed by atoms with Crippen molar-refractivity contribution in [2.75, 3.05) is 39.9 Å².